The van der Waals surface area contributed by atoms with Crippen LogP contribution in [0.1, 0.15) is 12.7 Å². The van der Waals surface area contributed by atoms with Gasteiger partial charge >= 0.3 is 0 Å². The van der Waals surface area contributed by atoms with Crippen LogP contribution < -0.4 is 0 Å². The molecule has 0 saturated carbocycles. The highest BCUT2D eigenvalue weighted by molar-refractivity contribution is 9.10. The molecule has 62 valence electrons. The minimum atomic E-state index is -0.0125. The number of rotatable bonds is 2. The second-order valence-electron chi connectivity index (χ2n) is 2.20. The molecular weight excluding hydrogens is 220 g/mol. The summed E-state index contributed by atoms with van der Waals surface area (Å²) in [6.07, 6.45) is 6.28. The fraction of sp³-hybridized carbons (Fsp3) is 0.125. The van der Waals surface area contributed by atoms with Gasteiger partial charge in [0.15, 0.2) is 11.6 Å². The van der Waals surface area contributed by atoms with Crippen molar-refractivity contribution in [1.82, 2.24) is 9.97 Å². The van der Waals surface area contributed by atoms with E-state index < -0.39 is 0 Å². The lowest BCUT2D eigenvalue weighted by molar-refractivity contribution is -0.112. The highest BCUT2D eigenvalue weighted by Gasteiger charge is 1.90. The maximum absolute atomic E-state index is 10.5. The van der Waals surface area contributed by atoms with Gasteiger partial charge in [-0.2, -0.15) is 0 Å². The molecule has 1 aromatic heterocycles. The summed E-state index contributed by atoms with van der Waals surface area (Å²) < 4.78 is 0.822. The summed E-state index contributed by atoms with van der Waals surface area (Å²) in [4.78, 5) is 18.4. The average molecular weight is 227 g/mol. The summed E-state index contributed by atoms with van der Waals surface area (Å²) in [5.74, 6) is 0.523. The molecule has 1 heterocycles. The number of aromatic nitrogens is 2. The van der Waals surface area contributed by atoms with Crippen LogP contribution in [0.15, 0.2) is 22.9 Å². The van der Waals surface area contributed by atoms with Crippen LogP contribution in [0.4, 0.5) is 0 Å². The van der Waals surface area contributed by atoms with E-state index in [0.717, 1.165) is 4.47 Å². The molecule has 1 rings (SSSR count). The third kappa shape index (κ3) is 2.92. The van der Waals surface area contributed by atoms with Crippen molar-refractivity contribution in [1.29, 1.82) is 0 Å². The molecule has 0 aliphatic carbocycles. The van der Waals surface area contributed by atoms with Crippen LogP contribution in [0.25, 0.3) is 6.08 Å². The molecule has 4 heteroatoms. The molecule has 0 amide bonds. The van der Waals surface area contributed by atoms with Crippen LogP contribution in [0, 0.1) is 0 Å². The average Bonchev–Trinajstić information content (AvgIpc) is 2.03. The van der Waals surface area contributed by atoms with Gasteiger partial charge in [-0.05, 0) is 35.0 Å². The molecule has 0 bridgehead atoms. The monoisotopic (exact) mass is 226 g/mol. The van der Waals surface area contributed by atoms with Gasteiger partial charge in [0.2, 0.25) is 0 Å². The Labute approximate surface area is 78.7 Å². The van der Waals surface area contributed by atoms with E-state index in [1.165, 1.54) is 13.0 Å². The third-order valence-corrected chi connectivity index (χ3v) is 1.52. The predicted molar refractivity (Wildman–Crippen MR) is 49.4 cm³/mol. The van der Waals surface area contributed by atoms with E-state index in [9.17, 15) is 4.79 Å². The second-order valence-corrected chi connectivity index (χ2v) is 3.12. The smallest absolute Gasteiger partial charge is 0.152 e. The summed E-state index contributed by atoms with van der Waals surface area (Å²) in [5, 5.41) is 0. The maximum atomic E-state index is 10.5. The van der Waals surface area contributed by atoms with Crippen molar-refractivity contribution in [2.24, 2.45) is 0 Å². The van der Waals surface area contributed by atoms with E-state index in [4.69, 9.17) is 0 Å². The van der Waals surface area contributed by atoms with Gasteiger partial charge in [-0.25, -0.2) is 9.97 Å². The van der Waals surface area contributed by atoms with Crippen LogP contribution >= 0.6 is 15.9 Å². The third-order valence-electron chi connectivity index (χ3n) is 1.11. The molecule has 12 heavy (non-hydrogen) atoms. The molecule has 0 aromatic carbocycles. The fourth-order valence-electron chi connectivity index (χ4n) is 0.600. The number of nitrogens with zero attached hydrogens (tertiary/aromatic N) is 2. The second kappa shape index (κ2) is 4.11. The molecule has 0 unspecified atom stereocenters. The first-order valence-corrected chi connectivity index (χ1v) is 4.14. The van der Waals surface area contributed by atoms with Gasteiger partial charge in [0.25, 0.3) is 0 Å². The molecule has 0 spiro atoms. The van der Waals surface area contributed by atoms with Crippen LogP contribution in [-0.4, -0.2) is 15.8 Å². The lowest BCUT2D eigenvalue weighted by Crippen LogP contribution is -1.87. The Kier molecular flexibility index (Phi) is 3.10. The summed E-state index contributed by atoms with van der Waals surface area (Å²) in [5.41, 5.74) is 0. The van der Waals surface area contributed by atoms with E-state index in [1.54, 1.807) is 18.5 Å². The van der Waals surface area contributed by atoms with Gasteiger partial charge in [0, 0.05) is 12.4 Å². The van der Waals surface area contributed by atoms with Gasteiger partial charge in [0.1, 0.15) is 0 Å². The minimum absolute atomic E-state index is 0.0125. The van der Waals surface area contributed by atoms with Crippen molar-refractivity contribution in [3.63, 3.8) is 0 Å². The summed E-state index contributed by atoms with van der Waals surface area (Å²) >= 11 is 3.21. The van der Waals surface area contributed by atoms with Crippen LogP contribution in [0.5, 0.6) is 0 Å². The van der Waals surface area contributed by atoms with Crippen molar-refractivity contribution in [3.05, 3.63) is 28.8 Å². The predicted octanol–water partition coefficient (Wildman–Crippen LogP) is 1.84. The van der Waals surface area contributed by atoms with Gasteiger partial charge in [-0.3, -0.25) is 4.79 Å². The molecule has 0 N–H and O–H groups in total. The SMILES string of the molecule is CC(=O)/C=C/c1ncc(Br)cn1. The summed E-state index contributed by atoms with van der Waals surface area (Å²) in [6, 6.07) is 0. The highest BCUT2D eigenvalue weighted by atomic mass is 79.9. The molecular formula is C8H7BrN2O. The molecule has 0 aliphatic heterocycles. The first kappa shape index (κ1) is 9.06. The summed E-state index contributed by atoms with van der Waals surface area (Å²) in [7, 11) is 0. The van der Waals surface area contributed by atoms with Crippen molar-refractivity contribution >= 4 is 27.8 Å². The Hall–Kier alpha value is -1.03. The topological polar surface area (TPSA) is 42.9 Å². The van der Waals surface area contributed by atoms with E-state index >= 15 is 0 Å². The number of hydrogen-bond acceptors (Lipinski definition) is 3. The normalized spacial score (nSPS) is 10.5. The highest BCUT2D eigenvalue weighted by Crippen LogP contribution is 2.04. The van der Waals surface area contributed by atoms with E-state index in [2.05, 4.69) is 25.9 Å². The van der Waals surface area contributed by atoms with Crippen LogP contribution in [0.2, 0.25) is 0 Å². The lowest BCUT2D eigenvalue weighted by Gasteiger charge is -1.90. The Morgan fingerprint density at radius 3 is 2.58 bits per heavy atom. The minimum Gasteiger partial charge on any atom is -0.295 e. The molecule has 1 aromatic rings. The molecule has 0 fully saturated rings. The first-order chi connectivity index (χ1) is 5.68. The van der Waals surface area contributed by atoms with Crippen molar-refractivity contribution < 1.29 is 4.79 Å². The van der Waals surface area contributed by atoms with Gasteiger partial charge in [0.05, 0.1) is 4.47 Å². The molecule has 0 radical (unpaired) electrons. The quantitative estimate of drug-likeness (QED) is 0.724. The Morgan fingerprint density at radius 2 is 2.08 bits per heavy atom. The molecule has 0 atom stereocenters. The zero-order chi connectivity index (χ0) is 8.97. The number of hydrogen-bond donors (Lipinski definition) is 0. The van der Waals surface area contributed by atoms with Crippen LogP contribution in [0.3, 0.4) is 0 Å². The zero-order valence-electron chi connectivity index (χ0n) is 6.49. The number of halogens is 1. The van der Waals surface area contributed by atoms with Gasteiger partial charge < -0.3 is 0 Å². The Morgan fingerprint density at radius 1 is 1.50 bits per heavy atom. The van der Waals surface area contributed by atoms with Gasteiger partial charge in [-0.1, -0.05) is 0 Å². The number of carbonyl (C=O) groups is 1. The Balaban J connectivity index is 2.77. The van der Waals surface area contributed by atoms with Crippen molar-refractivity contribution in [2.45, 2.75) is 6.92 Å². The summed E-state index contributed by atoms with van der Waals surface area (Å²) in [6.45, 7) is 1.48. The lowest BCUT2D eigenvalue weighted by atomic mass is 10.4. The van der Waals surface area contributed by atoms with Crippen molar-refractivity contribution in [3.8, 4) is 0 Å². The van der Waals surface area contributed by atoms with Crippen molar-refractivity contribution in [2.75, 3.05) is 0 Å². The fourth-order valence-corrected chi connectivity index (χ4v) is 0.805. The zero-order valence-corrected chi connectivity index (χ0v) is 8.08. The first-order valence-electron chi connectivity index (χ1n) is 3.34. The maximum Gasteiger partial charge on any atom is 0.152 e. The molecule has 3 nitrogen and oxygen atoms in total. The number of ketones is 1. The van der Waals surface area contributed by atoms with E-state index in [-0.39, 0.29) is 5.78 Å². The number of allylic oxidation sites excluding steroid dienone is 1. The number of carbonyl (C=O) groups excluding carboxylic acids is 1. The van der Waals surface area contributed by atoms with E-state index in [1.807, 2.05) is 0 Å². The van der Waals surface area contributed by atoms with Crippen LogP contribution in [-0.2, 0) is 4.79 Å². The van der Waals surface area contributed by atoms with E-state index in [0.29, 0.717) is 5.82 Å². The van der Waals surface area contributed by atoms with Gasteiger partial charge in [-0.15, -0.1) is 0 Å². The standard InChI is InChI=1S/C8H7BrN2O/c1-6(12)2-3-8-10-4-7(9)5-11-8/h2-5H,1H3/b3-2+. The molecule has 0 saturated heterocycles. The largest absolute Gasteiger partial charge is 0.295 e. The molecule has 0 aliphatic rings. The Bertz CT molecular complexity index is 305.